The van der Waals surface area contributed by atoms with E-state index < -0.39 is 5.97 Å². The lowest BCUT2D eigenvalue weighted by atomic mass is 10.3. The van der Waals surface area contributed by atoms with Crippen LogP contribution in [0.5, 0.6) is 0 Å². The predicted octanol–water partition coefficient (Wildman–Crippen LogP) is 1.89. The number of carbonyl (C=O) groups is 1. The average molecular weight is 315 g/mol. The van der Waals surface area contributed by atoms with E-state index in [1.165, 1.54) is 21.8 Å². The van der Waals surface area contributed by atoms with E-state index in [4.69, 9.17) is 5.11 Å². The second-order valence-electron chi connectivity index (χ2n) is 4.81. The SMILES string of the molecule is Cn1cccc1/C=C/c1cc(=O)n2c(CC(=O)O)csc2n1. The molecule has 0 aliphatic carbocycles. The van der Waals surface area contributed by atoms with Crippen LogP contribution in [0.2, 0.25) is 0 Å². The molecule has 3 heterocycles. The smallest absolute Gasteiger partial charge is 0.309 e. The Morgan fingerprint density at radius 2 is 2.27 bits per heavy atom. The Labute approximate surface area is 129 Å². The van der Waals surface area contributed by atoms with Gasteiger partial charge in [0.1, 0.15) is 0 Å². The van der Waals surface area contributed by atoms with Crippen molar-refractivity contribution < 1.29 is 9.90 Å². The van der Waals surface area contributed by atoms with Crippen molar-refractivity contribution in [2.45, 2.75) is 6.42 Å². The molecule has 0 aliphatic rings. The number of rotatable bonds is 4. The highest BCUT2D eigenvalue weighted by molar-refractivity contribution is 7.15. The summed E-state index contributed by atoms with van der Waals surface area (Å²) < 4.78 is 3.30. The monoisotopic (exact) mass is 315 g/mol. The van der Waals surface area contributed by atoms with Crippen molar-refractivity contribution in [2.75, 3.05) is 0 Å². The highest BCUT2D eigenvalue weighted by Crippen LogP contribution is 2.14. The van der Waals surface area contributed by atoms with Gasteiger partial charge in [-0.1, -0.05) is 0 Å². The van der Waals surface area contributed by atoms with Gasteiger partial charge in [-0.2, -0.15) is 0 Å². The topological polar surface area (TPSA) is 76.6 Å². The first-order chi connectivity index (χ1) is 10.5. The van der Waals surface area contributed by atoms with Gasteiger partial charge in [0, 0.05) is 36.1 Å². The van der Waals surface area contributed by atoms with Gasteiger partial charge in [0.2, 0.25) is 0 Å². The van der Waals surface area contributed by atoms with Crippen LogP contribution in [-0.4, -0.2) is 25.0 Å². The molecule has 6 nitrogen and oxygen atoms in total. The quantitative estimate of drug-likeness (QED) is 0.797. The van der Waals surface area contributed by atoms with Gasteiger partial charge in [0.05, 0.1) is 12.1 Å². The molecule has 0 unspecified atom stereocenters. The summed E-state index contributed by atoms with van der Waals surface area (Å²) >= 11 is 1.26. The summed E-state index contributed by atoms with van der Waals surface area (Å²) in [6, 6.07) is 5.30. The van der Waals surface area contributed by atoms with Crippen LogP contribution < -0.4 is 5.56 Å². The molecule has 0 fully saturated rings. The predicted molar refractivity (Wildman–Crippen MR) is 85.0 cm³/mol. The van der Waals surface area contributed by atoms with Gasteiger partial charge in [0.25, 0.3) is 5.56 Å². The molecular formula is C15H13N3O3S. The minimum atomic E-state index is -0.973. The molecule has 3 aromatic rings. The van der Waals surface area contributed by atoms with Crippen molar-refractivity contribution in [3.8, 4) is 0 Å². The molecular weight excluding hydrogens is 302 g/mol. The van der Waals surface area contributed by atoms with E-state index in [-0.39, 0.29) is 12.0 Å². The average Bonchev–Trinajstić information content (AvgIpc) is 3.03. The zero-order valence-corrected chi connectivity index (χ0v) is 12.6. The molecule has 1 N–H and O–H groups in total. The maximum absolute atomic E-state index is 12.2. The lowest BCUT2D eigenvalue weighted by Crippen LogP contribution is -2.17. The van der Waals surface area contributed by atoms with Gasteiger partial charge in [-0.15, -0.1) is 11.3 Å². The molecule has 0 aliphatic heterocycles. The second kappa shape index (κ2) is 5.61. The molecule has 0 aromatic carbocycles. The van der Waals surface area contributed by atoms with E-state index in [2.05, 4.69) is 4.98 Å². The summed E-state index contributed by atoms with van der Waals surface area (Å²) in [5.74, 6) is -0.973. The van der Waals surface area contributed by atoms with Crippen molar-refractivity contribution in [1.82, 2.24) is 14.0 Å². The summed E-state index contributed by atoms with van der Waals surface area (Å²) in [7, 11) is 1.93. The van der Waals surface area contributed by atoms with Crippen molar-refractivity contribution in [1.29, 1.82) is 0 Å². The highest BCUT2D eigenvalue weighted by Gasteiger charge is 2.11. The molecule has 22 heavy (non-hydrogen) atoms. The van der Waals surface area contributed by atoms with E-state index in [0.717, 1.165) is 5.69 Å². The van der Waals surface area contributed by atoms with Crippen molar-refractivity contribution in [2.24, 2.45) is 7.05 Å². The first-order valence-electron chi connectivity index (χ1n) is 6.56. The Morgan fingerprint density at radius 1 is 1.45 bits per heavy atom. The van der Waals surface area contributed by atoms with E-state index in [1.807, 2.05) is 36.0 Å². The number of aliphatic carboxylic acids is 1. The minimum Gasteiger partial charge on any atom is -0.481 e. The van der Waals surface area contributed by atoms with Gasteiger partial charge in [-0.3, -0.25) is 14.0 Å². The largest absolute Gasteiger partial charge is 0.481 e. The first-order valence-corrected chi connectivity index (χ1v) is 7.44. The number of fused-ring (bicyclic) bond motifs is 1. The Kier molecular flexibility index (Phi) is 3.64. The van der Waals surface area contributed by atoms with E-state index >= 15 is 0 Å². The number of aromatic nitrogens is 3. The zero-order chi connectivity index (χ0) is 15.7. The van der Waals surface area contributed by atoms with Crippen molar-refractivity contribution >= 4 is 34.4 Å². The van der Waals surface area contributed by atoms with Gasteiger partial charge < -0.3 is 9.67 Å². The Hall–Kier alpha value is -2.67. The van der Waals surface area contributed by atoms with Crippen LogP contribution in [0.15, 0.2) is 34.6 Å². The lowest BCUT2D eigenvalue weighted by Gasteiger charge is -1.99. The van der Waals surface area contributed by atoms with Gasteiger partial charge in [-0.25, -0.2) is 4.98 Å². The molecule has 3 aromatic heterocycles. The fraction of sp³-hybridized carbons (Fsp3) is 0.133. The standard InChI is InChI=1S/C15H13N3O3S/c1-17-6-2-3-11(17)5-4-10-7-13(19)18-12(8-14(20)21)9-22-15(18)16-10/h2-7,9H,8H2,1H3,(H,20,21)/b5-4+. The maximum Gasteiger partial charge on any atom is 0.309 e. The summed E-state index contributed by atoms with van der Waals surface area (Å²) in [5, 5.41) is 10.5. The van der Waals surface area contributed by atoms with Crippen molar-refractivity contribution in [3.05, 3.63) is 57.2 Å². The number of carboxylic acids is 1. The maximum atomic E-state index is 12.2. The summed E-state index contributed by atoms with van der Waals surface area (Å²) in [6.45, 7) is 0. The summed E-state index contributed by atoms with van der Waals surface area (Å²) in [5.41, 5.74) is 1.73. The Morgan fingerprint density at radius 3 is 2.95 bits per heavy atom. The number of hydrogen-bond acceptors (Lipinski definition) is 4. The molecule has 7 heteroatoms. The second-order valence-corrected chi connectivity index (χ2v) is 5.65. The number of aryl methyl sites for hydroxylation is 1. The number of carboxylic acid groups (broad SMARTS) is 1. The zero-order valence-electron chi connectivity index (χ0n) is 11.8. The first kappa shape index (κ1) is 14.3. The Balaban J connectivity index is 2.00. The fourth-order valence-electron chi connectivity index (χ4n) is 2.17. The molecule has 0 amide bonds. The molecule has 0 bridgehead atoms. The van der Waals surface area contributed by atoms with Crippen LogP contribution >= 0.6 is 11.3 Å². The molecule has 3 rings (SSSR count). The number of hydrogen-bond donors (Lipinski definition) is 1. The number of nitrogens with zero attached hydrogens (tertiary/aromatic N) is 3. The van der Waals surface area contributed by atoms with Gasteiger partial charge in [-0.05, 0) is 24.3 Å². The summed E-state index contributed by atoms with van der Waals surface area (Å²) in [4.78, 5) is 27.9. The van der Waals surface area contributed by atoms with Gasteiger partial charge in [0.15, 0.2) is 4.96 Å². The molecule has 0 spiro atoms. The third-order valence-corrected chi connectivity index (χ3v) is 4.11. The molecule has 112 valence electrons. The molecule has 0 saturated carbocycles. The van der Waals surface area contributed by atoms with Crippen LogP contribution in [0.3, 0.4) is 0 Å². The minimum absolute atomic E-state index is 0.194. The lowest BCUT2D eigenvalue weighted by molar-refractivity contribution is -0.136. The van der Waals surface area contributed by atoms with Crippen LogP contribution in [0.25, 0.3) is 17.1 Å². The third-order valence-electron chi connectivity index (χ3n) is 3.24. The molecule has 0 radical (unpaired) electrons. The van der Waals surface area contributed by atoms with Crippen LogP contribution in [0.1, 0.15) is 17.1 Å². The van der Waals surface area contributed by atoms with E-state index in [9.17, 15) is 9.59 Å². The third kappa shape index (κ3) is 2.71. The van der Waals surface area contributed by atoms with E-state index in [0.29, 0.717) is 16.3 Å². The van der Waals surface area contributed by atoms with E-state index in [1.54, 1.807) is 11.5 Å². The number of thiazole rings is 1. The highest BCUT2D eigenvalue weighted by atomic mass is 32.1. The molecule has 0 saturated heterocycles. The normalized spacial score (nSPS) is 11.5. The fourth-order valence-corrected chi connectivity index (χ4v) is 3.08. The summed E-state index contributed by atoms with van der Waals surface area (Å²) in [6.07, 6.45) is 5.39. The van der Waals surface area contributed by atoms with Crippen molar-refractivity contribution in [3.63, 3.8) is 0 Å². The Bertz CT molecular complexity index is 933. The molecule has 0 atom stereocenters. The van der Waals surface area contributed by atoms with Crippen LogP contribution in [-0.2, 0) is 18.3 Å². The van der Waals surface area contributed by atoms with Gasteiger partial charge >= 0.3 is 5.97 Å². The van der Waals surface area contributed by atoms with Crippen LogP contribution in [0.4, 0.5) is 0 Å². The van der Waals surface area contributed by atoms with Crippen LogP contribution in [0, 0.1) is 0 Å².